The summed E-state index contributed by atoms with van der Waals surface area (Å²) in [5, 5.41) is 3.90. The van der Waals surface area contributed by atoms with Crippen LogP contribution < -0.4 is 10.2 Å². The van der Waals surface area contributed by atoms with Gasteiger partial charge in [0.2, 0.25) is 0 Å². The van der Waals surface area contributed by atoms with Crippen molar-refractivity contribution in [3.8, 4) is 0 Å². The molecule has 3 rings (SSSR count). The van der Waals surface area contributed by atoms with Crippen LogP contribution in [0.5, 0.6) is 0 Å². The molecule has 6 nitrogen and oxygen atoms in total. The van der Waals surface area contributed by atoms with E-state index in [0.29, 0.717) is 25.4 Å². The number of nitrogens with zero attached hydrogens (tertiary/aromatic N) is 3. The minimum Gasteiger partial charge on any atom is -0.376 e. The molecule has 2 heterocycles. The Labute approximate surface area is 227 Å². The first kappa shape index (κ1) is 30.3. The number of anilines is 1. The third-order valence-electron chi connectivity index (χ3n) is 8.12. The van der Waals surface area contributed by atoms with Gasteiger partial charge in [-0.3, -0.25) is 4.90 Å². The molecule has 0 amide bonds. The van der Waals surface area contributed by atoms with Gasteiger partial charge in [0.15, 0.2) is 0 Å². The molecule has 1 saturated carbocycles. The normalized spacial score (nSPS) is 22.3. The van der Waals surface area contributed by atoms with E-state index in [1.165, 1.54) is 5.56 Å². The second-order valence-electron chi connectivity index (χ2n) is 14.6. The Bertz CT molecular complexity index is 841. The van der Waals surface area contributed by atoms with Crippen molar-refractivity contribution in [3.05, 3.63) is 23.9 Å². The molecule has 0 spiro atoms. The highest BCUT2D eigenvalue weighted by atomic mass is 16.5. The van der Waals surface area contributed by atoms with Gasteiger partial charge in [-0.05, 0) is 104 Å². The van der Waals surface area contributed by atoms with Crippen LogP contribution >= 0.6 is 0 Å². The lowest BCUT2D eigenvalue weighted by Crippen LogP contribution is -2.54. The highest BCUT2D eigenvalue weighted by Crippen LogP contribution is 2.34. The molecule has 0 bridgehead atoms. The lowest BCUT2D eigenvalue weighted by Gasteiger charge is -2.43. The van der Waals surface area contributed by atoms with E-state index >= 15 is 0 Å². The lowest BCUT2D eigenvalue weighted by atomic mass is 9.77. The highest BCUT2D eigenvalue weighted by Gasteiger charge is 2.35. The number of aromatic nitrogens is 1. The summed E-state index contributed by atoms with van der Waals surface area (Å²) < 4.78 is 11.8. The Morgan fingerprint density at radius 1 is 0.892 bits per heavy atom. The average molecular weight is 517 g/mol. The Morgan fingerprint density at radius 3 is 2.14 bits per heavy atom. The number of hydrogen-bond donors (Lipinski definition) is 1. The van der Waals surface area contributed by atoms with E-state index in [0.717, 1.165) is 57.7 Å². The first-order valence-electron chi connectivity index (χ1n) is 14.5. The zero-order valence-corrected chi connectivity index (χ0v) is 25.6. The van der Waals surface area contributed by atoms with E-state index in [1.54, 1.807) is 0 Å². The van der Waals surface area contributed by atoms with Crippen LogP contribution in [-0.4, -0.2) is 78.1 Å². The maximum atomic E-state index is 6.00. The summed E-state index contributed by atoms with van der Waals surface area (Å²) in [7, 11) is 0. The fraction of sp³-hybridized carbons (Fsp3) is 0.839. The first-order valence-corrected chi connectivity index (χ1v) is 14.5. The van der Waals surface area contributed by atoms with Gasteiger partial charge >= 0.3 is 0 Å². The van der Waals surface area contributed by atoms with E-state index in [-0.39, 0.29) is 22.1 Å². The zero-order valence-electron chi connectivity index (χ0n) is 25.6. The molecule has 1 aromatic rings. The van der Waals surface area contributed by atoms with E-state index in [9.17, 15) is 0 Å². The minimum absolute atomic E-state index is 0.0930. The molecule has 0 radical (unpaired) electrons. The Kier molecular flexibility index (Phi) is 9.75. The minimum atomic E-state index is -0.0930. The first-order chi connectivity index (χ1) is 17.0. The molecule has 1 saturated heterocycles. The molecule has 0 atom stereocenters. The lowest BCUT2D eigenvalue weighted by molar-refractivity contribution is -0.0759. The third kappa shape index (κ3) is 9.49. The summed E-state index contributed by atoms with van der Waals surface area (Å²) >= 11 is 0. The molecule has 37 heavy (non-hydrogen) atoms. The summed E-state index contributed by atoms with van der Waals surface area (Å²) in [5.74, 6) is 1.13. The molecule has 2 fully saturated rings. The second-order valence-corrected chi connectivity index (χ2v) is 14.6. The maximum absolute atomic E-state index is 6.00. The third-order valence-corrected chi connectivity index (χ3v) is 8.12. The molecule has 0 unspecified atom stereocenters. The summed E-state index contributed by atoms with van der Waals surface area (Å²) in [6.45, 7) is 28.3. The summed E-state index contributed by atoms with van der Waals surface area (Å²) in [5.41, 5.74) is 1.73. The van der Waals surface area contributed by atoms with Crippen LogP contribution in [0.1, 0.15) is 100 Å². The monoisotopic (exact) mass is 516 g/mol. The molecule has 1 N–H and O–H groups in total. The average Bonchev–Trinajstić information content (AvgIpc) is 2.77. The van der Waals surface area contributed by atoms with Crippen LogP contribution in [0.2, 0.25) is 0 Å². The number of nitrogens with one attached hydrogen (secondary N) is 1. The SMILES string of the molecule is CC(C)(CCC(C)(C)c1ccnc(N2CCN(C(C)(C)C)CC2)c1)NC1CC(OCCOC(C)(C)C)C1. The fourth-order valence-corrected chi connectivity index (χ4v) is 5.39. The Hall–Kier alpha value is -1.21. The maximum Gasteiger partial charge on any atom is 0.128 e. The van der Waals surface area contributed by atoms with Crippen molar-refractivity contribution < 1.29 is 9.47 Å². The van der Waals surface area contributed by atoms with Crippen LogP contribution in [0.3, 0.4) is 0 Å². The van der Waals surface area contributed by atoms with E-state index in [4.69, 9.17) is 14.5 Å². The van der Waals surface area contributed by atoms with Gasteiger partial charge in [0, 0.05) is 49.5 Å². The van der Waals surface area contributed by atoms with Crippen LogP contribution in [0, 0.1) is 0 Å². The van der Waals surface area contributed by atoms with E-state index < -0.39 is 0 Å². The van der Waals surface area contributed by atoms with Crippen molar-refractivity contribution in [1.82, 2.24) is 15.2 Å². The predicted molar refractivity (Wildman–Crippen MR) is 156 cm³/mol. The van der Waals surface area contributed by atoms with Crippen molar-refractivity contribution in [2.24, 2.45) is 0 Å². The van der Waals surface area contributed by atoms with Crippen molar-refractivity contribution in [2.45, 2.75) is 129 Å². The highest BCUT2D eigenvalue weighted by molar-refractivity contribution is 5.43. The number of ether oxygens (including phenoxy) is 2. The van der Waals surface area contributed by atoms with Gasteiger partial charge in [-0.1, -0.05) is 13.8 Å². The molecular formula is C31H56N4O2. The van der Waals surface area contributed by atoms with Crippen LogP contribution in [0.25, 0.3) is 0 Å². The summed E-state index contributed by atoms with van der Waals surface area (Å²) in [6.07, 6.45) is 6.83. The standard InChI is InChI=1S/C31H56N4O2/c1-28(2,3)35-17-15-34(16-18-35)27-21-24(11-14-32-27)30(7,8)12-13-31(9,10)33-25-22-26(23-25)36-19-20-37-29(4,5)6/h11,14,21,25-26,33H,12-13,15-20,22-23H2,1-10H3. The molecule has 1 aromatic heterocycles. The van der Waals surface area contributed by atoms with Gasteiger partial charge in [0.1, 0.15) is 5.82 Å². The molecule has 1 aliphatic carbocycles. The second kappa shape index (κ2) is 11.9. The van der Waals surface area contributed by atoms with E-state index in [2.05, 4.69) is 96.5 Å². The van der Waals surface area contributed by atoms with Crippen LogP contribution in [0.4, 0.5) is 5.82 Å². The molecule has 1 aliphatic heterocycles. The smallest absolute Gasteiger partial charge is 0.128 e. The summed E-state index contributed by atoms with van der Waals surface area (Å²) in [6, 6.07) is 5.10. The van der Waals surface area contributed by atoms with Crippen molar-refractivity contribution in [2.75, 3.05) is 44.3 Å². The fourth-order valence-electron chi connectivity index (χ4n) is 5.39. The molecule has 212 valence electrons. The summed E-state index contributed by atoms with van der Waals surface area (Å²) in [4.78, 5) is 9.78. The zero-order chi connectivity index (χ0) is 27.5. The molecule has 0 aromatic carbocycles. The van der Waals surface area contributed by atoms with Crippen LogP contribution in [0.15, 0.2) is 18.3 Å². The van der Waals surface area contributed by atoms with Gasteiger partial charge in [-0.2, -0.15) is 0 Å². The number of rotatable bonds is 11. The molecular weight excluding hydrogens is 460 g/mol. The Morgan fingerprint density at radius 2 is 1.54 bits per heavy atom. The van der Waals surface area contributed by atoms with Crippen molar-refractivity contribution in [1.29, 1.82) is 0 Å². The topological polar surface area (TPSA) is 49.9 Å². The number of hydrogen-bond acceptors (Lipinski definition) is 6. The Balaban J connectivity index is 1.44. The van der Waals surface area contributed by atoms with Crippen molar-refractivity contribution in [3.63, 3.8) is 0 Å². The van der Waals surface area contributed by atoms with E-state index in [1.807, 2.05) is 6.20 Å². The van der Waals surface area contributed by atoms with Gasteiger partial charge in [-0.25, -0.2) is 4.98 Å². The number of piperazine rings is 1. The largest absolute Gasteiger partial charge is 0.376 e. The molecule has 6 heteroatoms. The number of pyridine rings is 1. The van der Waals surface area contributed by atoms with Gasteiger partial charge in [0.25, 0.3) is 0 Å². The van der Waals surface area contributed by atoms with Crippen molar-refractivity contribution >= 4 is 5.82 Å². The van der Waals surface area contributed by atoms with Gasteiger partial charge in [-0.15, -0.1) is 0 Å². The van der Waals surface area contributed by atoms with Crippen LogP contribution in [-0.2, 0) is 14.9 Å². The predicted octanol–water partition coefficient (Wildman–Crippen LogP) is 5.79. The molecule has 2 aliphatic rings. The quantitative estimate of drug-likeness (QED) is 0.376. The van der Waals surface area contributed by atoms with Gasteiger partial charge < -0.3 is 19.7 Å². The van der Waals surface area contributed by atoms with Gasteiger partial charge in [0.05, 0.1) is 24.9 Å².